The molecule has 3 heterocycles. The minimum atomic E-state index is 0.0873. The third kappa shape index (κ3) is 3.59. The molecule has 29 heavy (non-hydrogen) atoms. The van der Waals surface area contributed by atoms with E-state index in [2.05, 4.69) is 28.9 Å². The van der Waals surface area contributed by atoms with Crippen LogP contribution in [0.15, 0.2) is 33.6 Å². The highest BCUT2D eigenvalue weighted by Crippen LogP contribution is 2.35. The van der Waals surface area contributed by atoms with Gasteiger partial charge < -0.3 is 4.52 Å². The zero-order chi connectivity index (χ0) is 20.0. The third-order valence-corrected chi connectivity index (χ3v) is 6.03. The topological polar surface area (TPSA) is 77.0 Å². The molecule has 1 atom stereocenters. The molecule has 0 spiro atoms. The summed E-state index contributed by atoms with van der Waals surface area (Å²) in [6, 6.07) is 7.78. The van der Waals surface area contributed by atoms with Gasteiger partial charge in [0.25, 0.3) is 5.56 Å². The highest BCUT2D eigenvalue weighted by molar-refractivity contribution is 5.77. The first kappa shape index (κ1) is 18.5. The monoisotopic (exact) mass is 393 g/mol. The Kier molecular flexibility index (Phi) is 4.70. The van der Waals surface area contributed by atoms with Crippen LogP contribution >= 0.6 is 0 Å². The second-order valence-electron chi connectivity index (χ2n) is 8.68. The summed E-state index contributed by atoms with van der Waals surface area (Å²) >= 11 is 0. The van der Waals surface area contributed by atoms with Crippen LogP contribution in [-0.4, -0.2) is 31.1 Å². The van der Waals surface area contributed by atoms with Crippen LogP contribution in [0, 0.1) is 5.92 Å². The van der Waals surface area contributed by atoms with Crippen LogP contribution in [0.4, 0.5) is 0 Å². The summed E-state index contributed by atoms with van der Waals surface area (Å²) in [6.45, 7) is 6.42. The molecule has 7 nitrogen and oxygen atoms in total. The molecular weight excluding hydrogens is 366 g/mol. The van der Waals surface area contributed by atoms with E-state index >= 15 is 0 Å². The normalized spacial score (nSPS) is 20.2. The Labute approximate surface area is 169 Å². The van der Waals surface area contributed by atoms with Gasteiger partial charge in [0.05, 0.1) is 23.5 Å². The van der Waals surface area contributed by atoms with Crippen LogP contribution in [0.1, 0.15) is 69.0 Å². The molecule has 152 valence electrons. The minimum Gasteiger partial charge on any atom is -0.338 e. The molecule has 1 aliphatic carbocycles. The summed E-state index contributed by atoms with van der Waals surface area (Å²) in [6.07, 6.45) is 4.46. The number of hydrogen-bond donors (Lipinski definition) is 0. The summed E-state index contributed by atoms with van der Waals surface area (Å²) in [5, 5.41) is 4.80. The molecule has 0 N–H and O–H groups in total. The van der Waals surface area contributed by atoms with E-state index in [0.717, 1.165) is 43.1 Å². The molecule has 5 rings (SSSR count). The number of fused-ring (bicyclic) bond motifs is 1. The average Bonchev–Trinajstić information content (AvgIpc) is 3.21. The van der Waals surface area contributed by atoms with Crippen LogP contribution in [-0.2, 0) is 13.1 Å². The van der Waals surface area contributed by atoms with Gasteiger partial charge in [-0.2, -0.15) is 4.98 Å². The van der Waals surface area contributed by atoms with Gasteiger partial charge in [-0.3, -0.25) is 14.3 Å². The van der Waals surface area contributed by atoms with Crippen molar-refractivity contribution in [3.05, 3.63) is 52.2 Å². The number of rotatable bonds is 6. The summed E-state index contributed by atoms with van der Waals surface area (Å²) in [4.78, 5) is 25.1. The molecule has 1 saturated carbocycles. The van der Waals surface area contributed by atoms with Crippen molar-refractivity contribution < 1.29 is 4.52 Å². The summed E-state index contributed by atoms with van der Waals surface area (Å²) in [5.74, 6) is 3.12. The first-order valence-corrected chi connectivity index (χ1v) is 10.7. The van der Waals surface area contributed by atoms with Crippen molar-refractivity contribution in [2.45, 2.75) is 64.6 Å². The van der Waals surface area contributed by atoms with E-state index in [0.29, 0.717) is 23.7 Å². The fourth-order valence-corrected chi connectivity index (χ4v) is 4.22. The van der Waals surface area contributed by atoms with Gasteiger partial charge in [0.1, 0.15) is 5.82 Å². The van der Waals surface area contributed by atoms with E-state index in [4.69, 9.17) is 9.51 Å². The lowest BCUT2D eigenvalue weighted by Gasteiger charge is -2.25. The van der Waals surface area contributed by atoms with Crippen molar-refractivity contribution in [1.82, 2.24) is 24.6 Å². The predicted molar refractivity (Wildman–Crippen MR) is 109 cm³/mol. The molecule has 1 aromatic carbocycles. The summed E-state index contributed by atoms with van der Waals surface area (Å²) < 4.78 is 7.42. The molecule has 1 aliphatic heterocycles. The Morgan fingerprint density at radius 3 is 2.76 bits per heavy atom. The maximum atomic E-state index is 13.3. The van der Waals surface area contributed by atoms with Gasteiger partial charge in [0, 0.05) is 12.5 Å². The number of hydrogen-bond acceptors (Lipinski definition) is 6. The van der Waals surface area contributed by atoms with Gasteiger partial charge in [-0.1, -0.05) is 31.1 Å². The first-order valence-electron chi connectivity index (χ1n) is 10.7. The van der Waals surface area contributed by atoms with E-state index in [1.165, 1.54) is 12.8 Å². The molecule has 7 heteroatoms. The van der Waals surface area contributed by atoms with Crippen LogP contribution in [0.25, 0.3) is 10.9 Å². The van der Waals surface area contributed by atoms with Gasteiger partial charge >= 0.3 is 0 Å². The smallest absolute Gasteiger partial charge is 0.261 e. The molecular formula is C22H27N5O2. The number of benzene rings is 1. The van der Waals surface area contributed by atoms with Crippen molar-refractivity contribution in [2.75, 3.05) is 6.54 Å². The highest BCUT2D eigenvalue weighted by atomic mass is 16.5. The average molecular weight is 393 g/mol. The molecule has 1 saturated heterocycles. The van der Waals surface area contributed by atoms with Crippen LogP contribution in [0.3, 0.4) is 0 Å². The minimum absolute atomic E-state index is 0.0873. The molecule has 2 aromatic heterocycles. The van der Waals surface area contributed by atoms with E-state index in [1.54, 1.807) is 0 Å². The molecule has 1 unspecified atom stereocenters. The fraction of sp³-hybridized carbons (Fsp3) is 0.545. The number of likely N-dealkylation sites (tertiary alicyclic amines) is 1. The van der Waals surface area contributed by atoms with Crippen molar-refractivity contribution in [1.29, 1.82) is 0 Å². The molecule has 0 bridgehead atoms. The van der Waals surface area contributed by atoms with Crippen LogP contribution in [0.2, 0.25) is 0 Å². The quantitative estimate of drug-likeness (QED) is 0.636. The van der Waals surface area contributed by atoms with Crippen molar-refractivity contribution >= 4 is 10.9 Å². The van der Waals surface area contributed by atoms with Gasteiger partial charge in [-0.25, -0.2) is 4.98 Å². The van der Waals surface area contributed by atoms with Gasteiger partial charge in [-0.15, -0.1) is 0 Å². The third-order valence-electron chi connectivity index (χ3n) is 6.03. The second-order valence-corrected chi connectivity index (χ2v) is 8.68. The van der Waals surface area contributed by atoms with Crippen LogP contribution < -0.4 is 5.56 Å². The fourth-order valence-electron chi connectivity index (χ4n) is 4.22. The summed E-state index contributed by atoms with van der Waals surface area (Å²) in [5.41, 5.74) is 0.871. The van der Waals surface area contributed by atoms with E-state index in [9.17, 15) is 4.79 Å². The standard InChI is InChI=1S/C22H27N5O2/c1-14(2)20-24-19(29-25-20)13-26-11-5-8-18(26)21-23-17-7-4-3-6-16(17)22(28)27(21)12-15-9-10-15/h3-4,6-7,14-15,18H,5,8-13H2,1-2H3. The van der Waals surface area contributed by atoms with Crippen molar-refractivity contribution in [3.63, 3.8) is 0 Å². The van der Waals surface area contributed by atoms with E-state index in [-0.39, 0.29) is 17.5 Å². The van der Waals surface area contributed by atoms with Gasteiger partial charge in [0.2, 0.25) is 5.89 Å². The Morgan fingerprint density at radius 1 is 1.17 bits per heavy atom. The Morgan fingerprint density at radius 2 is 2.00 bits per heavy atom. The lowest BCUT2D eigenvalue weighted by molar-refractivity contribution is 0.201. The van der Waals surface area contributed by atoms with Gasteiger partial charge in [0.15, 0.2) is 5.82 Å². The molecule has 2 fully saturated rings. The van der Waals surface area contributed by atoms with Gasteiger partial charge in [-0.05, 0) is 50.3 Å². The zero-order valence-corrected chi connectivity index (χ0v) is 17.0. The van der Waals surface area contributed by atoms with Crippen molar-refractivity contribution in [2.24, 2.45) is 5.92 Å². The molecule has 0 radical (unpaired) electrons. The largest absolute Gasteiger partial charge is 0.338 e. The van der Waals surface area contributed by atoms with E-state index < -0.39 is 0 Å². The summed E-state index contributed by atoms with van der Waals surface area (Å²) in [7, 11) is 0. The van der Waals surface area contributed by atoms with E-state index in [1.807, 2.05) is 28.8 Å². The highest BCUT2D eigenvalue weighted by Gasteiger charge is 2.33. The maximum absolute atomic E-state index is 13.3. The van der Waals surface area contributed by atoms with Crippen molar-refractivity contribution in [3.8, 4) is 0 Å². The maximum Gasteiger partial charge on any atom is 0.261 e. The predicted octanol–water partition coefficient (Wildman–Crippen LogP) is 3.65. The Bertz CT molecular complexity index is 1080. The number of aromatic nitrogens is 4. The second kappa shape index (κ2) is 7.37. The number of nitrogens with zero attached hydrogens (tertiary/aromatic N) is 5. The zero-order valence-electron chi connectivity index (χ0n) is 17.0. The molecule has 3 aromatic rings. The number of para-hydroxylation sites is 1. The first-order chi connectivity index (χ1) is 14.1. The van der Waals surface area contributed by atoms with Crippen LogP contribution in [0.5, 0.6) is 0 Å². The lowest BCUT2D eigenvalue weighted by Crippen LogP contribution is -2.32. The molecule has 0 amide bonds. The Hall–Kier alpha value is -2.54. The molecule has 2 aliphatic rings. The Balaban J connectivity index is 1.51. The lowest BCUT2D eigenvalue weighted by atomic mass is 10.1. The SMILES string of the molecule is CC(C)c1noc(CN2CCCC2c2nc3ccccc3c(=O)n2CC2CC2)n1.